The summed E-state index contributed by atoms with van der Waals surface area (Å²) in [5, 5.41) is 7.31. The second-order valence-electron chi connectivity index (χ2n) is 7.13. The zero-order chi connectivity index (χ0) is 17.8. The van der Waals surface area contributed by atoms with Crippen molar-refractivity contribution < 1.29 is 4.79 Å². The van der Waals surface area contributed by atoms with Gasteiger partial charge in [-0.2, -0.15) is 5.10 Å². The average molecular weight is 344 g/mol. The normalized spacial score (nSPS) is 17.9. The van der Waals surface area contributed by atoms with Crippen LogP contribution in [0.2, 0.25) is 0 Å². The van der Waals surface area contributed by atoms with E-state index in [0.717, 1.165) is 43.9 Å². The zero-order valence-corrected chi connectivity index (χ0v) is 15.4. The van der Waals surface area contributed by atoms with Gasteiger partial charge in [0.05, 0.1) is 18.3 Å². The molecule has 1 aliphatic rings. The van der Waals surface area contributed by atoms with Crippen molar-refractivity contribution in [3.63, 3.8) is 0 Å². The second kappa shape index (κ2) is 7.72. The number of nitrogens with zero attached hydrogens (tertiary/aromatic N) is 5. The number of likely N-dealkylation sites (tertiary alicyclic amines) is 1. The first kappa shape index (κ1) is 17.5. The summed E-state index contributed by atoms with van der Waals surface area (Å²) < 4.78 is 3.98. The minimum absolute atomic E-state index is 0.0232. The van der Waals surface area contributed by atoms with Crippen molar-refractivity contribution in [3.05, 3.63) is 36.2 Å². The summed E-state index contributed by atoms with van der Waals surface area (Å²) in [5.74, 6) is 1.44. The molecule has 3 heterocycles. The van der Waals surface area contributed by atoms with Crippen molar-refractivity contribution in [1.82, 2.24) is 29.5 Å². The summed E-state index contributed by atoms with van der Waals surface area (Å²) in [6.07, 6.45) is 8.73. The number of rotatable bonds is 5. The number of hydrogen-bond donors (Lipinski definition) is 1. The van der Waals surface area contributed by atoms with Crippen molar-refractivity contribution in [2.75, 3.05) is 6.54 Å². The smallest absolute Gasteiger partial charge is 0.318 e. The lowest BCUT2D eigenvalue weighted by Gasteiger charge is -2.35. The Morgan fingerprint density at radius 3 is 2.92 bits per heavy atom. The first-order chi connectivity index (χ1) is 12.1. The molecule has 0 radical (unpaired) electrons. The van der Waals surface area contributed by atoms with E-state index in [0.29, 0.717) is 12.5 Å². The number of aromatic nitrogens is 4. The molecule has 2 aromatic rings. The summed E-state index contributed by atoms with van der Waals surface area (Å²) in [5.41, 5.74) is 1.09. The van der Waals surface area contributed by atoms with Gasteiger partial charge < -0.3 is 14.8 Å². The molecule has 0 saturated carbocycles. The van der Waals surface area contributed by atoms with E-state index in [1.54, 1.807) is 12.4 Å². The molecule has 7 nitrogen and oxygen atoms in total. The lowest BCUT2D eigenvalue weighted by molar-refractivity contribution is 0.147. The number of carbonyl (C=O) groups is 1. The number of aryl methyl sites for hydroxylation is 1. The molecular formula is C18H28N6O. The Balaban J connectivity index is 1.65. The summed E-state index contributed by atoms with van der Waals surface area (Å²) in [6, 6.07) is 2.08. The van der Waals surface area contributed by atoms with Crippen LogP contribution in [-0.4, -0.2) is 36.8 Å². The third kappa shape index (κ3) is 4.03. The molecule has 1 aliphatic heterocycles. The molecule has 0 aromatic carbocycles. The minimum atomic E-state index is -0.0232. The molecule has 3 rings (SSSR count). The number of carbonyl (C=O) groups excluding carboxylic acids is 1. The third-order valence-corrected chi connectivity index (χ3v) is 4.73. The largest absolute Gasteiger partial charge is 0.333 e. The van der Waals surface area contributed by atoms with E-state index in [1.807, 2.05) is 28.9 Å². The molecule has 0 spiro atoms. The van der Waals surface area contributed by atoms with Gasteiger partial charge in [0, 0.05) is 38.7 Å². The van der Waals surface area contributed by atoms with Crippen molar-refractivity contribution in [1.29, 1.82) is 0 Å². The first-order valence-electron chi connectivity index (χ1n) is 9.08. The topological polar surface area (TPSA) is 68.0 Å². The van der Waals surface area contributed by atoms with Gasteiger partial charge in [0.15, 0.2) is 0 Å². The van der Waals surface area contributed by atoms with E-state index >= 15 is 0 Å². The van der Waals surface area contributed by atoms with Crippen LogP contribution in [0.4, 0.5) is 4.79 Å². The van der Waals surface area contributed by atoms with Gasteiger partial charge >= 0.3 is 6.03 Å². The van der Waals surface area contributed by atoms with Crippen LogP contribution in [0.3, 0.4) is 0 Å². The minimum Gasteiger partial charge on any atom is -0.333 e. The van der Waals surface area contributed by atoms with Gasteiger partial charge in [-0.15, -0.1) is 0 Å². The number of amides is 2. The first-order valence-corrected chi connectivity index (χ1v) is 9.08. The molecule has 136 valence electrons. The Bertz CT molecular complexity index is 704. The Kier molecular flexibility index (Phi) is 5.40. The average Bonchev–Trinajstić information content (AvgIpc) is 3.21. The highest BCUT2D eigenvalue weighted by Crippen LogP contribution is 2.30. The molecule has 0 bridgehead atoms. The summed E-state index contributed by atoms with van der Waals surface area (Å²) in [4.78, 5) is 19.1. The molecule has 1 atom stereocenters. The molecule has 7 heteroatoms. The monoisotopic (exact) mass is 344 g/mol. The summed E-state index contributed by atoms with van der Waals surface area (Å²) in [7, 11) is 1.93. The standard InChI is InChI=1S/C18H28N6O/c1-14(2)13-23-11-9-19-17(23)12-20-18(25)24-10-5-4-6-16(24)15-7-8-21-22(15)3/h7-9,11,14,16H,4-6,10,12-13H2,1-3H3,(H,20,25). The van der Waals surface area contributed by atoms with E-state index in [4.69, 9.17) is 0 Å². The maximum absolute atomic E-state index is 12.8. The lowest BCUT2D eigenvalue weighted by atomic mass is 10.00. The van der Waals surface area contributed by atoms with Crippen LogP contribution in [0, 0.1) is 5.92 Å². The molecule has 2 aromatic heterocycles. The van der Waals surface area contributed by atoms with Crippen LogP contribution in [0.25, 0.3) is 0 Å². The highest BCUT2D eigenvalue weighted by atomic mass is 16.2. The van der Waals surface area contributed by atoms with Crippen molar-refractivity contribution >= 4 is 6.03 Å². The van der Waals surface area contributed by atoms with Crippen LogP contribution in [0.5, 0.6) is 0 Å². The van der Waals surface area contributed by atoms with Gasteiger partial charge in [0.25, 0.3) is 0 Å². The molecule has 1 saturated heterocycles. The van der Waals surface area contributed by atoms with Crippen LogP contribution in [0.15, 0.2) is 24.7 Å². The molecule has 1 fully saturated rings. The van der Waals surface area contributed by atoms with Crippen molar-refractivity contribution in [3.8, 4) is 0 Å². The fourth-order valence-electron chi connectivity index (χ4n) is 3.52. The molecule has 0 aliphatic carbocycles. The van der Waals surface area contributed by atoms with Gasteiger partial charge in [-0.05, 0) is 31.2 Å². The Morgan fingerprint density at radius 1 is 1.36 bits per heavy atom. The highest BCUT2D eigenvalue weighted by Gasteiger charge is 2.29. The van der Waals surface area contributed by atoms with Crippen molar-refractivity contribution in [2.45, 2.75) is 52.2 Å². The summed E-state index contributed by atoms with van der Waals surface area (Å²) >= 11 is 0. The van der Waals surface area contributed by atoms with Gasteiger partial charge in [0.2, 0.25) is 0 Å². The zero-order valence-electron chi connectivity index (χ0n) is 15.4. The number of hydrogen-bond acceptors (Lipinski definition) is 3. The molecule has 1 N–H and O–H groups in total. The van der Waals surface area contributed by atoms with E-state index in [1.165, 1.54) is 0 Å². The number of nitrogens with one attached hydrogen (secondary N) is 1. The predicted octanol–water partition coefficient (Wildman–Crippen LogP) is 2.71. The maximum Gasteiger partial charge on any atom is 0.318 e. The van der Waals surface area contributed by atoms with Gasteiger partial charge in [0.1, 0.15) is 5.82 Å². The predicted molar refractivity (Wildman–Crippen MR) is 95.8 cm³/mol. The third-order valence-electron chi connectivity index (χ3n) is 4.73. The van der Waals surface area contributed by atoms with E-state index in [9.17, 15) is 4.79 Å². The van der Waals surface area contributed by atoms with Gasteiger partial charge in [-0.3, -0.25) is 4.68 Å². The fourth-order valence-corrected chi connectivity index (χ4v) is 3.52. The molecule has 25 heavy (non-hydrogen) atoms. The van der Waals surface area contributed by atoms with Gasteiger partial charge in [-0.25, -0.2) is 9.78 Å². The van der Waals surface area contributed by atoms with Gasteiger partial charge in [-0.1, -0.05) is 13.8 Å². The number of imidazole rings is 1. The van der Waals surface area contributed by atoms with Crippen LogP contribution < -0.4 is 5.32 Å². The van der Waals surface area contributed by atoms with Crippen LogP contribution >= 0.6 is 0 Å². The lowest BCUT2D eigenvalue weighted by Crippen LogP contribution is -2.45. The molecule has 1 unspecified atom stereocenters. The number of urea groups is 1. The Labute approximate surface area is 149 Å². The summed E-state index contributed by atoms with van der Waals surface area (Å²) in [6.45, 7) is 6.49. The number of piperidine rings is 1. The van der Waals surface area contributed by atoms with E-state index in [-0.39, 0.29) is 12.1 Å². The van der Waals surface area contributed by atoms with Crippen LogP contribution in [-0.2, 0) is 20.1 Å². The fraction of sp³-hybridized carbons (Fsp3) is 0.611. The Hall–Kier alpha value is -2.31. The second-order valence-corrected chi connectivity index (χ2v) is 7.13. The molecule has 2 amide bonds. The quantitative estimate of drug-likeness (QED) is 0.907. The van der Waals surface area contributed by atoms with Crippen molar-refractivity contribution in [2.24, 2.45) is 13.0 Å². The maximum atomic E-state index is 12.8. The molecular weight excluding hydrogens is 316 g/mol. The highest BCUT2D eigenvalue weighted by molar-refractivity contribution is 5.74. The van der Waals surface area contributed by atoms with Crippen LogP contribution in [0.1, 0.15) is 50.7 Å². The SMILES string of the molecule is CC(C)Cn1ccnc1CNC(=O)N1CCCCC1c1ccnn1C. The van der Waals surface area contributed by atoms with E-state index in [2.05, 4.69) is 33.8 Å². The van der Waals surface area contributed by atoms with E-state index < -0.39 is 0 Å². The Morgan fingerprint density at radius 2 is 2.20 bits per heavy atom.